The Morgan fingerprint density at radius 1 is 1.38 bits per heavy atom. The number of rotatable bonds is 1. The summed E-state index contributed by atoms with van der Waals surface area (Å²) in [5.41, 5.74) is 11.4. The number of nitrogen functional groups attached to an aromatic ring is 1. The monoisotopic (exact) mass is 233 g/mol. The van der Waals surface area contributed by atoms with Crippen LogP contribution in [0.25, 0.3) is 17.2 Å². The second kappa shape index (κ2) is 3.08. The van der Waals surface area contributed by atoms with E-state index in [1.54, 1.807) is 5.51 Å². The van der Waals surface area contributed by atoms with E-state index in [4.69, 9.17) is 5.73 Å². The number of aromatic amines is 1. The van der Waals surface area contributed by atoms with Gasteiger partial charge in [-0.25, -0.2) is 9.97 Å². The fourth-order valence-corrected chi connectivity index (χ4v) is 2.35. The molecule has 16 heavy (non-hydrogen) atoms. The molecule has 0 aliphatic rings. The van der Waals surface area contributed by atoms with Crippen LogP contribution in [0.3, 0.4) is 0 Å². The van der Waals surface area contributed by atoms with Crippen molar-refractivity contribution >= 4 is 22.1 Å². The largest absolute Gasteiger partial charge is 0.389 e. The minimum absolute atomic E-state index is 0.709. The summed E-state index contributed by atoms with van der Waals surface area (Å²) in [5, 5.41) is 0.709. The number of H-pyrrole nitrogens is 1. The maximum atomic E-state index is 5.86. The lowest BCUT2D eigenvalue weighted by Gasteiger charge is -1.95. The number of imidazole rings is 2. The summed E-state index contributed by atoms with van der Waals surface area (Å²) in [7, 11) is 0. The fourth-order valence-electron chi connectivity index (χ4n) is 1.82. The van der Waals surface area contributed by atoms with Gasteiger partial charge in [0, 0.05) is 11.9 Å². The van der Waals surface area contributed by atoms with Gasteiger partial charge in [-0.2, -0.15) is 0 Å². The summed E-state index contributed by atoms with van der Waals surface area (Å²) in [5.74, 6) is 0.831. The summed E-state index contributed by atoms with van der Waals surface area (Å²) in [4.78, 5) is 11.9. The molecule has 3 N–H and O–H groups in total. The van der Waals surface area contributed by atoms with Crippen LogP contribution >= 0.6 is 11.3 Å². The standard InChI is InChI=1S/C10H11N5S/c1-5-3-15-6(2)7(14-10(15)13-5)8-9(11)16-4-12-8/h3-4H,11H2,1-2H3,(H,13,14). The molecular formula is C10H11N5S. The molecule has 0 spiro atoms. The Balaban J connectivity index is 2.29. The van der Waals surface area contributed by atoms with E-state index in [0.717, 1.165) is 28.6 Å². The van der Waals surface area contributed by atoms with Crippen LogP contribution in [-0.4, -0.2) is 19.4 Å². The highest BCUT2D eigenvalue weighted by Gasteiger charge is 2.15. The SMILES string of the molecule is Cc1cn2c(C)c(-c3ncsc3N)nc2[nH]1. The summed E-state index contributed by atoms with van der Waals surface area (Å²) in [6.45, 7) is 4.02. The molecule has 3 rings (SSSR count). The highest BCUT2D eigenvalue weighted by Crippen LogP contribution is 2.29. The van der Waals surface area contributed by atoms with Gasteiger partial charge in [-0.15, -0.1) is 11.3 Å². The summed E-state index contributed by atoms with van der Waals surface area (Å²) < 4.78 is 2.02. The first-order valence-corrected chi connectivity index (χ1v) is 5.78. The van der Waals surface area contributed by atoms with Crippen LogP contribution in [0.2, 0.25) is 0 Å². The molecule has 0 saturated heterocycles. The van der Waals surface area contributed by atoms with Crippen molar-refractivity contribution in [1.29, 1.82) is 0 Å². The number of nitrogens with one attached hydrogen (secondary N) is 1. The maximum absolute atomic E-state index is 5.86. The van der Waals surface area contributed by atoms with Crippen molar-refractivity contribution in [3.05, 3.63) is 23.1 Å². The molecule has 3 heterocycles. The van der Waals surface area contributed by atoms with E-state index < -0.39 is 0 Å². The number of nitrogens with two attached hydrogens (primary N) is 1. The van der Waals surface area contributed by atoms with Gasteiger partial charge in [0.25, 0.3) is 0 Å². The number of anilines is 1. The molecule has 3 aromatic rings. The van der Waals surface area contributed by atoms with Crippen molar-refractivity contribution in [2.45, 2.75) is 13.8 Å². The lowest BCUT2D eigenvalue weighted by atomic mass is 10.3. The average Bonchev–Trinajstić information content (AvgIpc) is 2.85. The van der Waals surface area contributed by atoms with E-state index >= 15 is 0 Å². The Morgan fingerprint density at radius 3 is 2.81 bits per heavy atom. The van der Waals surface area contributed by atoms with Crippen LogP contribution in [0.4, 0.5) is 5.00 Å². The molecule has 0 unspecified atom stereocenters. The smallest absolute Gasteiger partial charge is 0.212 e. The Labute approximate surface area is 96.0 Å². The topological polar surface area (TPSA) is 72.0 Å². The van der Waals surface area contributed by atoms with Crippen LogP contribution < -0.4 is 5.73 Å². The quantitative estimate of drug-likeness (QED) is 0.675. The predicted octanol–water partition coefficient (Wildman–Crippen LogP) is 1.98. The number of nitrogens with zero attached hydrogens (tertiary/aromatic N) is 3. The number of fused-ring (bicyclic) bond motifs is 1. The van der Waals surface area contributed by atoms with Crippen LogP contribution in [0.15, 0.2) is 11.7 Å². The molecule has 0 amide bonds. The molecule has 0 atom stereocenters. The zero-order chi connectivity index (χ0) is 11.3. The van der Waals surface area contributed by atoms with Crippen LogP contribution in [0, 0.1) is 13.8 Å². The molecule has 0 aliphatic carbocycles. The number of aryl methyl sites for hydroxylation is 2. The van der Waals surface area contributed by atoms with Gasteiger partial charge in [0.15, 0.2) is 0 Å². The van der Waals surface area contributed by atoms with Gasteiger partial charge in [-0.1, -0.05) is 0 Å². The minimum Gasteiger partial charge on any atom is -0.389 e. The zero-order valence-electron chi connectivity index (χ0n) is 8.98. The second-order valence-corrected chi connectivity index (χ2v) is 4.63. The van der Waals surface area contributed by atoms with E-state index in [2.05, 4.69) is 15.0 Å². The number of hydrogen-bond donors (Lipinski definition) is 2. The van der Waals surface area contributed by atoms with Crippen molar-refractivity contribution in [1.82, 2.24) is 19.4 Å². The van der Waals surface area contributed by atoms with Crippen LogP contribution in [-0.2, 0) is 0 Å². The Morgan fingerprint density at radius 2 is 2.19 bits per heavy atom. The van der Waals surface area contributed by atoms with Gasteiger partial charge in [0.1, 0.15) is 16.4 Å². The highest BCUT2D eigenvalue weighted by molar-refractivity contribution is 7.14. The van der Waals surface area contributed by atoms with E-state index in [1.165, 1.54) is 11.3 Å². The molecule has 0 saturated carbocycles. The maximum Gasteiger partial charge on any atom is 0.212 e. The van der Waals surface area contributed by atoms with Gasteiger partial charge in [0.2, 0.25) is 5.78 Å². The molecular weight excluding hydrogens is 222 g/mol. The molecule has 3 aromatic heterocycles. The minimum atomic E-state index is 0.709. The van der Waals surface area contributed by atoms with Gasteiger partial charge >= 0.3 is 0 Å². The van der Waals surface area contributed by atoms with E-state index in [1.807, 2.05) is 24.4 Å². The molecule has 0 bridgehead atoms. The first kappa shape index (κ1) is 9.41. The predicted molar refractivity (Wildman–Crippen MR) is 64.5 cm³/mol. The highest BCUT2D eigenvalue weighted by atomic mass is 32.1. The number of aromatic nitrogens is 4. The normalized spacial score (nSPS) is 11.4. The average molecular weight is 233 g/mol. The van der Waals surface area contributed by atoms with Gasteiger partial charge < -0.3 is 10.7 Å². The molecule has 5 nitrogen and oxygen atoms in total. The lowest BCUT2D eigenvalue weighted by Crippen LogP contribution is -1.89. The summed E-state index contributed by atoms with van der Waals surface area (Å²) in [6.07, 6.45) is 2.02. The van der Waals surface area contributed by atoms with Gasteiger partial charge in [-0.05, 0) is 13.8 Å². The molecule has 82 valence electrons. The third kappa shape index (κ3) is 1.16. The zero-order valence-corrected chi connectivity index (χ0v) is 9.80. The third-order valence-electron chi connectivity index (χ3n) is 2.60. The fraction of sp³-hybridized carbons (Fsp3) is 0.200. The van der Waals surface area contributed by atoms with Crippen molar-refractivity contribution in [2.75, 3.05) is 5.73 Å². The molecule has 6 heteroatoms. The van der Waals surface area contributed by atoms with Crippen LogP contribution in [0.5, 0.6) is 0 Å². The Bertz CT molecular complexity index is 660. The van der Waals surface area contributed by atoms with E-state index in [9.17, 15) is 0 Å². The first-order valence-electron chi connectivity index (χ1n) is 4.90. The van der Waals surface area contributed by atoms with Gasteiger partial charge in [0.05, 0.1) is 11.2 Å². The first-order chi connectivity index (χ1) is 7.66. The van der Waals surface area contributed by atoms with Crippen molar-refractivity contribution < 1.29 is 0 Å². The Kier molecular flexibility index (Phi) is 1.81. The van der Waals surface area contributed by atoms with Crippen molar-refractivity contribution in [3.63, 3.8) is 0 Å². The molecule has 0 aliphatic heterocycles. The van der Waals surface area contributed by atoms with E-state index in [-0.39, 0.29) is 0 Å². The summed E-state index contributed by atoms with van der Waals surface area (Å²) in [6, 6.07) is 0. The van der Waals surface area contributed by atoms with Gasteiger partial charge in [-0.3, -0.25) is 4.40 Å². The number of thiazole rings is 1. The number of hydrogen-bond acceptors (Lipinski definition) is 4. The van der Waals surface area contributed by atoms with E-state index in [0.29, 0.717) is 5.00 Å². The Hall–Kier alpha value is -1.82. The summed E-state index contributed by atoms with van der Waals surface area (Å²) >= 11 is 1.43. The molecule has 0 radical (unpaired) electrons. The van der Waals surface area contributed by atoms with Crippen molar-refractivity contribution in [3.8, 4) is 11.4 Å². The molecule has 0 fully saturated rings. The molecule has 0 aromatic carbocycles. The lowest BCUT2D eigenvalue weighted by molar-refractivity contribution is 1.12. The van der Waals surface area contributed by atoms with Crippen LogP contribution in [0.1, 0.15) is 11.4 Å². The second-order valence-electron chi connectivity index (χ2n) is 3.74. The third-order valence-corrected chi connectivity index (χ3v) is 3.26. The van der Waals surface area contributed by atoms with Crippen molar-refractivity contribution in [2.24, 2.45) is 0 Å².